The van der Waals surface area contributed by atoms with Crippen LogP contribution in [0.4, 0.5) is 27.8 Å². The Morgan fingerprint density at radius 2 is 1.77 bits per heavy atom. The van der Waals surface area contributed by atoms with E-state index < -0.39 is 23.5 Å². The molecule has 0 unspecified atom stereocenters. The topological polar surface area (TPSA) is 34.0 Å². The van der Waals surface area contributed by atoms with E-state index in [2.05, 4.69) is 10.1 Å². The highest BCUT2D eigenvalue weighted by Crippen LogP contribution is 2.38. The maximum Gasteiger partial charge on any atom is 0.435 e. The lowest BCUT2D eigenvalue weighted by Crippen LogP contribution is -2.18. The summed E-state index contributed by atoms with van der Waals surface area (Å²) in [6, 6.07) is 11.2. The van der Waals surface area contributed by atoms with E-state index in [1.807, 2.05) is 41.5 Å². The van der Waals surface area contributed by atoms with E-state index >= 15 is 0 Å². The molecule has 0 bridgehead atoms. The minimum atomic E-state index is -4.67. The predicted octanol–water partition coefficient (Wildman–Crippen LogP) is 6.91. The molecule has 1 aliphatic rings. The molecule has 1 aromatic carbocycles. The summed E-state index contributed by atoms with van der Waals surface area (Å²) in [5, 5.41) is 3.67. The van der Waals surface area contributed by atoms with Crippen LogP contribution in [0.15, 0.2) is 79.2 Å². The zero-order valence-electron chi connectivity index (χ0n) is 18.0. The molecule has 5 rings (SSSR count). The normalized spacial score (nSPS) is 13.6. The van der Waals surface area contributed by atoms with E-state index in [4.69, 9.17) is 0 Å². The minimum absolute atomic E-state index is 0.0302. The molecule has 35 heavy (non-hydrogen) atoms. The number of aromatic nitrogens is 3. The van der Waals surface area contributed by atoms with Gasteiger partial charge in [0.05, 0.1) is 17.1 Å². The van der Waals surface area contributed by atoms with Crippen molar-refractivity contribution in [2.75, 3.05) is 11.4 Å². The maximum atomic E-state index is 14.2. The number of anilines is 1. The second kappa shape index (κ2) is 9.10. The van der Waals surface area contributed by atoms with Gasteiger partial charge in [0.2, 0.25) is 0 Å². The van der Waals surface area contributed by atoms with E-state index in [0.29, 0.717) is 17.5 Å². The Hall–Kier alpha value is -3.79. The van der Waals surface area contributed by atoms with Crippen LogP contribution in [-0.2, 0) is 12.7 Å². The van der Waals surface area contributed by atoms with Gasteiger partial charge in [-0.15, -0.1) is 11.3 Å². The van der Waals surface area contributed by atoms with Gasteiger partial charge in [-0.2, -0.15) is 18.3 Å². The molecule has 4 heterocycles. The first-order chi connectivity index (χ1) is 16.8. The van der Waals surface area contributed by atoms with Gasteiger partial charge in [-0.05, 0) is 42.5 Å². The Balaban J connectivity index is 1.46. The highest BCUT2D eigenvalue weighted by molar-refractivity contribution is 7.18. The molecular formula is C25H17F5N4S. The third-order valence-corrected chi connectivity index (χ3v) is 6.56. The fourth-order valence-electron chi connectivity index (χ4n) is 3.66. The lowest BCUT2D eigenvalue weighted by molar-refractivity contribution is -0.141. The molecule has 0 N–H and O–H groups in total. The average Bonchev–Trinajstić information content (AvgIpc) is 3.49. The summed E-state index contributed by atoms with van der Waals surface area (Å²) in [5.74, 6) is -0.837. The quantitative estimate of drug-likeness (QED) is 0.279. The number of benzene rings is 1. The van der Waals surface area contributed by atoms with Crippen LogP contribution in [-0.4, -0.2) is 21.3 Å². The Kier molecular flexibility index (Phi) is 5.98. The fourth-order valence-corrected chi connectivity index (χ4v) is 4.67. The molecule has 0 spiro atoms. The van der Waals surface area contributed by atoms with E-state index in [1.165, 1.54) is 17.4 Å². The van der Waals surface area contributed by atoms with E-state index in [1.54, 1.807) is 18.3 Å². The van der Waals surface area contributed by atoms with Crippen molar-refractivity contribution >= 4 is 17.2 Å². The van der Waals surface area contributed by atoms with Gasteiger partial charge >= 0.3 is 6.18 Å². The van der Waals surface area contributed by atoms with Crippen molar-refractivity contribution in [3.05, 3.63) is 102 Å². The van der Waals surface area contributed by atoms with Crippen molar-refractivity contribution < 1.29 is 22.0 Å². The first-order valence-corrected chi connectivity index (χ1v) is 11.4. The number of pyridine rings is 1. The molecule has 0 saturated carbocycles. The molecular weight excluding hydrogens is 483 g/mol. The summed E-state index contributed by atoms with van der Waals surface area (Å²) in [4.78, 5) is 7.81. The Bertz CT molecular complexity index is 1420. The number of thiophene rings is 1. The summed E-state index contributed by atoms with van der Waals surface area (Å²) in [7, 11) is 0. The van der Waals surface area contributed by atoms with Crippen molar-refractivity contribution in [2.24, 2.45) is 0 Å². The van der Waals surface area contributed by atoms with Crippen molar-refractivity contribution in [3.8, 4) is 21.0 Å². The summed E-state index contributed by atoms with van der Waals surface area (Å²) in [6.45, 7) is 0.436. The summed E-state index contributed by atoms with van der Waals surface area (Å²) < 4.78 is 68.8. The lowest BCUT2D eigenvalue weighted by Gasteiger charge is -2.19. The molecule has 4 aromatic rings. The molecule has 3 aromatic heterocycles. The molecule has 0 radical (unpaired) electrons. The molecule has 0 saturated heterocycles. The SMILES string of the molecule is Fc1ccc(Cn2nc(C(F)(F)F)cc2-c2ccc(-c3ccc(N4C=CC=CC4)nc3)s2)c(F)c1. The van der Waals surface area contributed by atoms with E-state index in [0.717, 1.165) is 33.1 Å². The second-order valence-electron chi connectivity index (χ2n) is 7.80. The predicted molar refractivity (Wildman–Crippen MR) is 125 cm³/mol. The molecule has 178 valence electrons. The Morgan fingerprint density at radius 3 is 2.46 bits per heavy atom. The Labute approximate surface area is 201 Å². The summed E-state index contributed by atoms with van der Waals surface area (Å²) >= 11 is 1.28. The number of nitrogens with zero attached hydrogens (tertiary/aromatic N) is 4. The molecule has 10 heteroatoms. The number of allylic oxidation sites excluding steroid dienone is 2. The third kappa shape index (κ3) is 4.88. The number of hydrogen-bond donors (Lipinski definition) is 0. The van der Waals surface area contributed by atoms with Gasteiger partial charge in [-0.25, -0.2) is 13.8 Å². The molecule has 0 amide bonds. The first-order valence-electron chi connectivity index (χ1n) is 10.5. The van der Waals surface area contributed by atoms with Crippen molar-refractivity contribution in [2.45, 2.75) is 12.7 Å². The van der Waals surface area contributed by atoms with Gasteiger partial charge in [-0.3, -0.25) is 4.68 Å². The number of halogens is 5. The average molecular weight is 500 g/mol. The van der Waals surface area contributed by atoms with Crippen molar-refractivity contribution in [1.82, 2.24) is 14.8 Å². The second-order valence-corrected chi connectivity index (χ2v) is 8.88. The number of rotatable bonds is 5. The van der Waals surface area contributed by atoms with Gasteiger partial charge in [0.15, 0.2) is 5.69 Å². The third-order valence-electron chi connectivity index (χ3n) is 5.41. The fraction of sp³-hybridized carbons (Fsp3) is 0.120. The van der Waals surface area contributed by atoms with Crippen LogP contribution < -0.4 is 4.90 Å². The molecule has 4 nitrogen and oxygen atoms in total. The smallest absolute Gasteiger partial charge is 0.329 e. The van der Waals surface area contributed by atoms with E-state index in [9.17, 15) is 22.0 Å². The lowest BCUT2D eigenvalue weighted by atomic mass is 10.2. The van der Waals surface area contributed by atoms with Crippen LogP contribution >= 0.6 is 11.3 Å². The molecule has 0 atom stereocenters. The van der Waals surface area contributed by atoms with Crippen molar-refractivity contribution in [3.63, 3.8) is 0 Å². The Morgan fingerprint density at radius 1 is 0.943 bits per heavy atom. The number of alkyl halides is 3. The van der Waals surface area contributed by atoms with Crippen molar-refractivity contribution in [1.29, 1.82) is 0 Å². The maximum absolute atomic E-state index is 14.2. The van der Waals surface area contributed by atoms with Gasteiger partial charge in [0, 0.05) is 41.0 Å². The van der Waals surface area contributed by atoms with Gasteiger partial charge in [0.25, 0.3) is 0 Å². The van der Waals surface area contributed by atoms with Crippen LogP contribution in [0.5, 0.6) is 0 Å². The summed E-state index contributed by atoms with van der Waals surface area (Å²) in [5.41, 5.74) is -0.0531. The van der Waals surface area contributed by atoms with Gasteiger partial charge in [0.1, 0.15) is 17.5 Å². The minimum Gasteiger partial charge on any atom is -0.329 e. The van der Waals surface area contributed by atoms with Gasteiger partial charge in [-0.1, -0.05) is 18.2 Å². The standard InChI is InChI=1S/C25H17F5N4S/c26-18-6-4-17(19(27)12-18)15-34-20(13-23(32-34)25(28,29)30)22-8-7-21(35-22)16-5-9-24(31-14-16)33-10-2-1-3-11-33/h1-10,12-14H,11,15H2. The zero-order valence-corrected chi connectivity index (χ0v) is 18.8. The first kappa shape index (κ1) is 23.0. The highest BCUT2D eigenvalue weighted by atomic mass is 32.1. The van der Waals surface area contributed by atoms with Gasteiger partial charge < -0.3 is 4.90 Å². The van der Waals surface area contributed by atoms with E-state index in [-0.39, 0.29) is 17.8 Å². The van der Waals surface area contributed by atoms with Crippen LogP contribution in [0.3, 0.4) is 0 Å². The van der Waals surface area contributed by atoms with Crippen LogP contribution in [0.1, 0.15) is 11.3 Å². The highest BCUT2D eigenvalue weighted by Gasteiger charge is 2.35. The summed E-state index contributed by atoms with van der Waals surface area (Å²) in [6.07, 6.45) is 4.85. The zero-order chi connectivity index (χ0) is 24.6. The van der Waals surface area contributed by atoms with Crippen LogP contribution in [0.2, 0.25) is 0 Å². The molecule has 0 fully saturated rings. The monoisotopic (exact) mass is 500 g/mol. The number of hydrogen-bond acceptors (Lipinski definition) is 4. The largest absolute Gasteiger partial charge is 0.435 e. The van der Waals surface area contributed by atoms with Crippen LogP contribution in [0, 0.1) is 11.6 Å². The molecule has 1 aliphatic heterocycles. The molecule has 0 aliphatic carbocycles. The van der Waals surface area contributed by atoms with Crippen LogP contribution in [0.25, 0.3) is 21.0 Å².